The topological polar surface area (TPSA) is 38.1 Å². The van der Waals surface area contributed by atoms with Crippen molar-refractivity contribution in [2.45, 2.75) is 45.8 Å². The summed E-state index contributed by atoms with van der Waals surface area (Å²) in [7, 11) is 0. The van der Waals surface area contributed by atoms with Crippen molar-refractivity contribution in [3.8, 4) is 0 Å². The number of aryl methyl sites for hydroxylation is 2. The fraction of sp³-hybridized carbons (Fsp3) is 0.769. The molecule has 3 nitrogen and oxygen atoms in total. The highest BCUT2D eigenvalue weighted by Crippen LogP contribution is 2.19. The van der Waals surface area contributed by atoms with Gasteiger partial charge in [0, 0.05) is 12.3 Å². The van der Waals surface area contributed by atoms with Gasteiger partial charge in [0.1, 0.15) is 5.76 Å². The molecule has 0 atom stereocenters. The maximum atomic E-state index is 5.50. The van der Waals surface area contributed by atoms with Gasteiger partial charge in [-0.1, -0.05) is 25.6 Å². The predicted molar refractivity (Wildman–Crippen MR) is 73.6 cm³/mol. The Morgan fingerprint density at radius 2 is 2.06 bits per heavy atom. The zero-order chi connectivity index (χ0) is 12.7. The van der Waals surface area contributed by atoms with Crippen LogP contribution in [0.3, 0.4) is 0 Å². The maximum absolute atomic E-state index is 5.50. The van der Waals surface area contributed by atoms with Crippen molar-refractivity contribution in [1.29, 1.82) is 0 Å². The Bertz CT molecular complexity index is 304. The van der Waals surface area contributed by atoms with Crippen LogP contribution in [0.25, 0.3) is 0 Å². The Balaban J connectivity index is 2.01. The monoisotopic (exact) mass is 256 g/mol. The summed E-state index contributed by atoms with van der Waals surface area (Å²) in [4.78, 5) is 4.34. The Morgan fingerprint density at radius 1 is 1.29 bits per heavy atom. The predicted octanol–water partition coefficient (Wildman–Crippen LogP) is 3.41. The Hall–Kier alpha value is -0.480. The van der Waals surface area contributed by atoms with Crippen LogP contribution in [0.4, 0.5) is 0 Å². The van der Waals surface area contributed by atoms with Gasteiger partial charge in [0.15, 0.2) is 0 Å². The largest absolute Gasteiger partial charge is 0.437 e. The first kappa shape index (κ1) is 14.6. The molecule has 4 heteroatoms. The van der Waals surface area contributed by atoms with Gasteiger partial charge >= 0.3 is 0 Å². The molecule has 0 bridgehead atoms. The van der Waals surface area contributed by atoms with E-state index in [-0.39, 0.29) is 0 Å². The number of thioether (sulfide) groups is 1. The SMILES string of the molecule is Cc1nc(SCCNCCCC(C)C)oc1C. The third kappa shape index (κ3) is 6.13. The molecule has 1 N–H and O–H groups in total. The van der Waals surface area contributed by atoms with Gasteiger partial charge in [-0.3, -0.25) is 0 Å². The molecule has 0 fully saturated rings. The molecule has 1 aromatic heterocycles. The second-order valence-electron chi connectivity index (χ2n) is 4.76. The number of rotatable bonds is 8. The molecule has 1 aromatic rings. The van der Waals surface area contributed by atoms with Crippen molar-refractivity contribution < 1.29 is 4.42 Å². The smallest absolute Gasteiger partial charge is 0.256 e. The second-order valence-corrected chi connectivity index (χ2v) is 5.80. The van der Waals surface area contributed by atoms with Crippen LogP contribution in [-0.2, 0) is 0 Å². The van der Waals surface area contributed by atoms with Crippen molar-refractivity contribution in [3.63, 3.8) is 0 Å². The highest BCUT2D eigenvalue weighted by atomic mass is 32.2. The van der Waals surface area contributed by atoms with Gasteiger partial charge in [-0.2, -0.15) is 0 Å². The molecule has 0 aliphatic heterocycles. The van der Waals surface area contributed by atoms with Gasteiger partial charge in [-0.05, 0) is 39.2 Å². The molecule has 0 spiro atoms. The summed E-state index contributed by atoms with van der Waals surface area (Å²) >= 11 is 1.68. The van der Waals surface area contributed by atoms with Gasteiger partial charge in [0.05, 0.1) is 5.69 Å². The van der Waals surface area contributed by atoms with Gasteiger partial charge in [-0.25, -0.2) is 4.98 Å². The first-order valence-corrected chi connectivity index (χ1v) is 7.35. The van der Waals surface area contributed by atoms with Crippen LogP contribution in [-0.4, -0.2) is 23.8 Å². The van der Waals surface area contributed by atoms with Crippen molar-refractivity contribution in [2.75, 3.05) is 18.8 Å². The summed E-state index contributed by atoms with van der Waals surface area (Å²) in [5.41, 5.74) is 0.998. The first-order chi connectivity index (χ1) is 8.09. The lowest BCUT2D eigenvalue weighted by Crippen LogP contribution is -2.18. The van der Waals surface area contributed by atoms with Crippen LogP contribution in [0.2, 0.25) is 0 Å². The fourth-order valence-corrected chi connectivity index (χ4v) is 2.28. The molecule has 0 saturated carbocycles. The molecule has 1 rings (SSSR count). The lowest BCUT2D eigenvalue weighted by molar-refractivity contribution is 0.431. The van der Waals surface area contributed by atoms with Gasteiger partial charge < -0.3 is 9.73 Å². The van der Waals surface area contributed by atoms with Crippen molar-refractivity contribution in [1.82, 2.24) is 10.3 Å². The number of aromatic nitrogens is 1. The molecule has 0 amide bonds. The minimum Gasteiger partial charge on any atom is -0.437 e. The molecule has 0 radical (unpaired) electrons. The summed E-state index contributed by atoms with van der Waals surface area (Å²) in [6.45, 7) is 10.6. The number of nitrogens with zero attached hydrogens (tertiary/aromatic N) is 1. The fourth-order valence-electron chi connectivity index (χ4n) is 1.48. The van der Waals surface area contributed by atoms with E-state index in [2.05, 4.69) is 24.1 Å². The highest BCUT2D eigenvalue weighted by Gasteiger charge is 2.05. The number of oxazole rings is 1. The molecule has 17 heavy (non-hydrogen) atoms. The van der Waals surface area contributed by atoms with Crippen LogP contribution in [0, 0.1) is 19.8 Å². The van der Waals surface area contributed by atoms with Crippen LogP contribution in [0.1, 0.15) is 38.1 Å². The van der Waals surface area contributed by atoms with Gasteiger partial charge in [0.25, 0.3) is 5.22 Å². The molecule has 0 unspecified atom stereocenters. The lowest BCUT2D eigenvalue weighted by Gasteiger charge is -2.05. The van der Waals surface area contributed by atoms with E-state index in [4.69, 9.17) is 4.42 Å². The molecule has 98 valence electrons. The summed E-state index contributed by atoms with van der Waals surface area (Å²) < 4.78 is 5.50. The molecule has 0 aromatic carbocycles. The maximum Gasteiger partial charge on any atom is 0.256 e. The van der Waals surface area contributed by atoms with Crippen molar-refractivity contribution >= 4 is 11.8 Å². The molecule has 0 aliphatic carbocycles. The minimum absolute atomic E-state index is 0.795. The van der Waals surface area contributed by atoms with E-state index in [1.807, 2.05) is 13.8 Å². The van der Waals surface area contributed by atoms with Crippen molar-refractivity contribution in [3.05, 3.63) is 11.5 Å². The number of hydrogen-bond acceptors (Lipinski definition) is 4. The van der Waals surface area contributed by atoms with E-state index in [0.29, 0.717) is 0 Å². The van der Waals surface area contributed by atoms with Crippen LogP contribution >= 0.6 is 11.8 Å². The molecule has 1 heterocycles. The third-order valence-electron chi connectivity index (χ3n) is 2.65. The lowest BCUT2D eigenvalue weighted by atomic mass is 10.1. The number of nitrogens with one attached hydrogen (secondary N) is 1. The minimum atomic E-state index is 0.795. The standard InChI is InChI=1S/C13H24N2OS/c1-10(2)6-5-7-14-8-9-17-13-15-11(3)12(4)16-13/h10,14H,5-9H2,1-4H3. The summed E-state index contributed by atoms with van der Waals surface area (Å²) in [6.07, 6.45) is 2.57. The summed E-state index contributed by atoms with van der Waals surface area (Å²) in [5, 5.41) is 4.24. The Morgan fingerprint density at radius 3 is 2.65 bits per heavy atom. The Kier molecular flexibility index (Phi) is 6.66. The van der Waals surface area contributed by atoms with E-state index in [9.17, 15) is 0 Å². The van der Waals surface area contributed by atoms with E-state index in [1.165, 1.54) is 12.8 Å². The Labute approximate surface area is 109 Å². The van der Waals surface area contributed by atoms with E-state index in [1.54, 1.807) is 11.8 Å². The molecular weight excluding hydrogens is 232 g/mol. The van der Waals surface area contributed by atoms with Crippen LogP contribution < -0.4 is 5.32 Å². The van der Waals surface area contributed by atoms with E-state index < -0.39 is 0 Å². The van der Waals surface area contributed by atoms with Crippen LogP contribution in [0.15, 0.2) is 9.64 Å². The zero-order valence-corrected chi connectivity index (χ0v) is 12.2. The molecule has 0 aliphatic rings. The average Bonchev–Trinajstić information content (AvgIpc) is 2.56. The van der Waals surface area contributed by atoms with E-state index in [0.717, 1.165) is 41.4 Å². The normalized spacial score (nSPS) is 11.4. The van der Waals surface area contributed by atoms with E-state index >= 15 is 0 Å². The first-order valence-electron chi connectivity index (χ1n) is 6.37. The highest BCUT2D eigenvalue weighted by molar-refractivity contribution is 7.99. The average molecular weight is 256 g/mol. The quantitative estimate of drug-likeness (QED) is 0.571. The summed E-state index contributed by atoms with van der Waals surface area (Å²) in [5.74, 6) is 2.75. The molecule has 0 saturated heterocycles. The van der Waals surface area contributed by atoms with Gasteiger partial charge in [-0.15, -0.1) is 0 Å². The molecular formula is C13H24N2OS. The third-order valence-corrected chi connectivity index (χ3v) is 3.48. The second kappa shape index (κ2) is 7.77. The number of hydrogen-bond donors (Lipinski definition) is 1. The summed E-state index contributed by atoms with van der Waals surface area (Å²) in [6, 6.07) is 0. The van der Waals surface area contributed by atoms with Crippen molar-refractivity contribution in [2.24, 2.45) is 5.92 Å². The zero-order valence-electron chi connectivity index (χ0n) is 11.4. The van der Waals surface area contributed by atoms with Crippen LogP contribution in [0.5, 0.6) is 0 Å². The van der Waals surface area contributed by atoms with Gasteiger partial charge in [0.2, 0.25) is 0 Å².